The number of rotatable bonds is 3. The molecule has 5 amide bonds. The van der Waals surface area contributed by atoms with Crippen LogP contribution in [0.5, 0.6) is 0 Å². The highest BCUT2D eigenvalue weighted by atomic mass is 35.5. The van der Waals surface area contributed by atoms with Gasteiger partial charge in [-0.3, -0.25) is 14.5 Å². The molecule has 3 aliphatic heterocycles. The van der Waals surface area contributed by atoms with Gasteiger partial charge in [0.1, 0.15) is 23.7 Å². The zero-order valence-corrected chi connectivity index (χ0v) is 26.7. The Morgan fingerprint density at radius 1 is 1.13 bits per heavy atom. The molecule has 2 fully saturated rings. The van der Waals surface area contributed by atoms with Crippen LogP contribution in [0.25, 0.3) is 0 Å². The van der Waals surface area contributed by atoms with Crippen LogP contribution in [-0.2, 0) is 32.2 Å². The average molecular weight is 644 g/mol. The van der Waals surface area contributed by atoms with Gasteiger partial charge in [0, 0.05) is 29.4 Å². The molecule has 0 bridgehead atoms. The SMILES string of the molecule is CC(C)(C)NC(=O)N[C@H]1CCCCC/C=C\[C@H]2C[C@@]2(C(=O)O)NC(=O)C2C[C@@H](OC(=O)N3Cc4cccc(Cl)c4C3)CN2C1=O. The molecule has 4 aliphatic rings. The smallest absolute Gasteiger partial charge is 0.410 e. The van der Waals surface area contributed by atoms with Crippen molar-refractivity contribution in [2.45, 2.75) is 108 Å². The highest BCUT2D eigenvalue weighted by Gasteiger charge is 2.61. The lowest BCUT2D eigenvalue weighted by atomic mass is 10.0. The van der Waals surface area contributed by atoms with Gasteiger partial charge in [-0.15, -0.1) is 0 Å². The number of halogens is 1. The molecule has 0 spiro atoms. The Morgan fingerprint density at radius 2 is 1.91 bits per heavy atom. The average Bonchev–Trinajstić information content (AvgIpc) is 3.27. The summed E-state index contributed by atoms with van der Waals surface area (Å²) in [5, 5.41) is 18.9. The molecule has 1 saturated carbocycles. The molecular weight excluding hydrogens is 602 g/mol. The molecule has 0 radical (unpaired) electrons. The topological polar surface area (TPSA) is 157 Å². The molecule has 45 heavy (non-hydrogen) atoms. The highest BCUT2D eigenvalue weighted by Crippen LogP contribution is 2.45. The fraction of sp³-hybridized carbons (Fsp3) is 0.594. The van der Waals surface area contributed by atoms with E-state index >= 15 is 0 Å². The molecule has 4 N–H and O–H groups in total. The molecular formula is C32H42ClN5O7. The zero-order chi connectivity index (χ0) is 32.5. The zero-order valence-electron chi connectivity index (χ0n) is 25.9. The normalized spacial score (nSPS) is 29.2. The first-order chi connectivity index (χ1) is 21.3. The number of carbonyl (C=O) groups excluding carboxylic acids is 4. The lowest BCUT2D eigenvalue weighted by Crippen LogP contribution is -2.58. The van der Waals surface area contributed by atoms with E-state index in [1.807, 2.05) is 45.1 Å². The first-order valence-electron chi connectivity index (χ1n) is 15.6. The number of urea groups is 1. The van der Waals surface area contributed by atoms with Crippen LogP contribution in [-0.4, -0.2) is 80.6 Å². The second-order valence-electron chi connectivity index (χ2n) is 13.5. The molecule has 5 rings (SSSR count). The number of allylic oxidation sites excluding steroid dienone is 1. The van der Waals surface area contributed by atoms with Crippen LogP contribution in [0.4, 0.5) is 9.59 Å². The van der Waals surface area contributed by atoms with Crippen molar-refractivity contribution in [3.05, 3.63) is 46.5 Å². The minimum atomic E-state index is -1.46. The molecule has 0 aromatic heterocycles. The van der Waals surface area contributed by atoms with Crippen LogP contribution in [0.2, 0.25) is 5.02 Å². The molecule has 1 aromatic rings. The molecule has 1 unspecified atom stereocenters. The Balaban J connectivity index is 1.37. The van der Waals surface area contributed by atoms with E-state index in [9.17, 15) is 29.1 Å². The summed E-state index contributed by atoms with van der Waals surface area (Å²) in [7, 11) is 0. The molecule has 13 heteroatoms. The highest BCUT2D eigenvalue weighted by molar-refractivity contribution is 6.31. The third-order valence-electron chi connectivity index (χ3n) is 8.87. The lowest BCUT2D eigenvalue weighted by molar-refractivity contribution is -0.145. The van der Waals surface area contributed by atoms with Crippen molar-refractivity contribution in [2.75, 3.05) is 6.54 Å². The maximum Gasteiger partial charge on any atom is 0.410 e. The number of aliphatic carboxylic acids is 1. The van der Waals surface area contributed by atoms with Gasteiger partial charge in [0.2, 0.25) is 11.8 Å². The van der Waals surface area contributed by atoms with Crippen molar-refractivity contribution >= 4 is 41.5 Å². The Hall–Kier alpha value is -3.80. The molecule has 1 aliphatic carbocycles. The predicted molar refractivity (Wildman–Crippen MR) is 165 cm³/mol. The molecule has 1 saturated heterocycles. The second kappa shape index (κ2) is 12.9. The second-order valence-corrected chi connectivity index (χ2v) is 13.9. The van der Waals surface area contributed by atoms with E-state index < -0.39 is 59.2 Å². The quantitative estimate of drug-likeness (QED) is 0.366. The van der Waals surface area contributed by atoms with Crippen molar-refractivity contribution in [3.8, 4) is 0 Å². The third-order valence-corrected chi connectivity index (χ3v) is 9.22. The van der Waals surface area contributed by atoms with Crippen molar-refractivity contribution in [1.29, 1.82) is 0 Å². The maximum absolute atomic E-state index is 14.1. The Labute approximate surface area is 267 Å². The van der Waals surface area contributed by atoms with Crippen molar-refractivity contribution in [1.82, 2.24) is 25.8 Å². The first kappa shape index (κ1) is 32.6. The largest absolute Gasteiger partial charge is 0.479 e. The number of carboxylic acid groups (broad SMARTS) is 1. The van der Waals surface area contributed by atoms with Crippen LogP contribution in [0.3, 0.4) is 0 Å². The van der Waals surface area contributed by atoms with Crippen LogP contribution in [0.15, 0.2) is 30.4 Å². The van der Waals surface area contributed by atoms with Gasteiger partial charge in [0.25, 0.3) is 0 Å². The van der Waals surface area contributed by atoms with Gasteiger partial charge < -0.3 is 30.7 Å². The number of nitrogens with zero attached hydrogens (tertiary/aromatic N) is 2. The van der Waals surface area contributed by atoms with E-state index in [1.54, 1.807) is 6.07 Å². The van der Waals surface area contributed by atoms with Gasteiger partial charge in [0.15, 0.2) is 0 Å². The Kier molecular flexibility index (Phi) is 9.34. The minimum Gasteiger partial charge on any atom is -0.479 e. The Morgan fingerprint density at radius 3 is 2.62 bits per heavy atom. The standard InChI is InChI=1S/C32H42ClN5O7/c1-31(2,3)36-29(43)34-24-13-8-6-4-5-7-11-20-15-32(20,28(41)42)35-26(39)25-14-21(17-38(25)27(24)40)45-30(44)37-16-19-10-9-12-23(33)22(19)18-37/h7,9-12,20-21,24-25H,4-6,8,13-18H2,1-3H3,(H,35,39)(H,41,42)(H2,34,36,43)/b11-7-/t20-,21+,24-,25?,32+/m0/s1. The summed E-state index contributed by atoms with van der Waals surface area (Å²) in [5.74, 6) is -2.61. The van der Waals surface area contributed by atoms with Gasteiger partial charge in [-0.25, -0.2) is 14.4 Å². The minimum absolute atomic E-state index is 0.0119. The molecule has 3 heterocycles. The van der Waals surface area contributed by atoms with E-state index in [0.717, 1.165) is 30.4 Å². The molecule has 1 aromatic carbocycles. The number of amides is 5. The maximum atomic E-state index is 14.1. The summed E-state index contributed by atoms with van der Waals surface area (Å²) in [4.78, 5) is 69.1. The summed E-state index contributed by atoms with van der Waals surface area (Å²) in [6.07, 6.45) is 5.99. The number of fused-ring (bicyclic) bond motifs is 3. The molecule has 12 nitrogen and oxygen atoms in total. The monoisotopic (exact) mass is 643 g/mol. The number of nitrogens with one attached hydrogen (secondary N) is 3. The van der Waals surface area contributed by atoms with E-state index in [0.29, 0.717) is 24.4 Å². The van der Waals surface area contributed by atoms with E-state index in [2.05, 4.69) is 16.0 Å². The van der Waals surface area contributed by atoms with Gasteiger partial charge >= 0.3 is 18.1 Å². The van der Waals surface area contributed by atoms with Crippen molar-refractivity contribution < 1.29 is 33.8 Å². The summed E-state index contributed by atoms with van der Waals surface area (Å²) < 4.78 is 5.84. The first-order valence-corrected chi connectivity index (χ1v) is 16.0. The van der Waals surface area contributed by atoms with E-state index in [4.69, 9.17) is 16.3 Å². The van der Waals surface area contributed by atoms with Gasteiger partial charge in [-0.2, -0.15) is 0 Å². The molecule has 5 atom stereocenters. The number of carboxylic acids is 1. The van der Waals surface area contributed by atoms with Crippen LogP contribution in [0.1, 0.15) is 76.8 Å². The third kappa shape index (κ3) is 7.37. The van der Waals surface area contributed by atoms with Crippen molar-refractivity contribution in [3.63, 3.8) is 0 Å². The van der Waals surface area contributed by atoms with Gasteiger partial charge in [0.05, 0.1) is 13.1 Å². The summed E-state index contributed by atoms with van der Waals surface area (Å²) in [6.45, 7) is 6.00. The summed E-state index contributed by atoms with van der Waals surface area (Å²) in [6, 6.07) is 2.93. The Bertz CT molecular complexity index is 1390. The number of carbonyl (C=O) groups is 5. The molecule has 244 valence electrons. The van der Waals surface area contributed by atoms with Crippen LogP contribution in [0, 0.1) is 5.92 Å². The van der Waals surface area contributed by atoms with Crippen LogP contribution < -0.4 is 16.0 Å². The summed E-state index contributed by atoms with van der Waals surface area (Å²) in [5.41, 5.74) is -0.232. The lowest BCUT2D eigenvalue weighted by Gasteiger charge is -2.30. The number of hydrogen-bond acceptors (Lipinski definition) is 6. The van der Waals surface area contributed by atoms with Crippen molar-refractivity contribution in [2.24, 2.45) is 5.92 Å². The number of ether oxygens (including phenoxy) is 1. The van der Waals surface area contributed by atoms with Gasteiger partial charge in [-0.1, -0.05) is 48.7 Å². The van der Waals surface area contributed by atoms with E-state index in [1.165, 1.54) is 9.80 Å². The fourth-order valence-electron chi connectivity index (χ4n) is 6.41. The van der Waals surface area contributed by atoms with Gasteiger partial charge in [-0.05, 0) is 63.6 Å². The number of benzene rings is 1. The van der Waals surface area contributed by atoms with Crippen LogP contribution >= 0.6 is 11.6 Å². The summed E-state index contributed by atoms with van der Waals surface area (Å²) >= 11 is 6.32. The predicted octanol–water partition coefficient (Wildman–Crippen LogP) is 3.71. The number of hydrogen-bond donors (Lipinski definition) is 4. The van der Waals surface area contributed by atoms with E-state index in [-0.39, 0.29) is 31.8 Å². The fourth-order valence-corrected chi connectivity index (χ4v) is 6.66.